The van der Waals surface area contributed by atoms with E-state index in [4.69, 9.17) is 0 Å². The molecule has 3 heterocycles. The standard InChI is InChI=1S/C21H21F3N4O/c1-14-6-8-15(9-7-14)17-12-18(21(22,23)24)28-19(26-17)16(13-25-28)20(29)27-10-4-2-3-5-11-27/h6-9,12-13H,2-5,10-11H2,1H3. The van der Waals surface area contributed by atoms with Crippen LogP contribution in [0.3, 0.4) is 0 Å². The second-order valence-electron chi connectivity index (χ2n) is 7.39. The Hall–Kier alpha value is -2.90. The molecule has 0 radical (unpaired) electrons. The van der Waals surface area contributed by atoms with Crippen LogP contribution in [0.4, 0.5) is 13.2 Å². The first-order valence-electron chi connectivity index (χ1n) is 9.67. The monoisotopic (exact) mass is 402 g/mol. The summed E-state index contributed by atoms with van der Waals surface area (Å²) in [5, 5.41) is 3.86. The summed E-state index contributed by atoms with van der Waals surface area (Å²) < 4.78 is 41.9. The molecule has 0 aliphatic carbocycles. The zero-order chi connectivity index (χ0) is 20.6. The van der Waals surface area contributed by atoms with E-state index in [9.17, 15) is 18.0 Å². The maximum atomic E-state index is 13.7. The van der Waals surface area contributed by atoms with E-state index in [1.807, 2.05) is 19.1 Å². The van der Waals surface area contributed by atoms with Crippen LogP contribution in [0.25, 0.3) is 16.9 Å². The largest absolute Gasteiger partial charge is 0.433 e. The van der Waals surface area contributed by atoms with E-state index in [0.29, 0.717) is 18.7 Å². The minimum Gasteiger partial charge on any atom is -0.338 e. The Morgan fingerprint density at radius 2 is 1.69 bits per heavy atom. The number of carbonyl (C=O) groups is 1. The molecule has 0 atom stereocenters. The number of rotatable bonds is 2. The normalized spacial score (nSPS) is 15.5. The summed E-state index contributed by atoms with van der Waals surface area (Å²) >= 11 is 0. The molecule has 1 saturated heterocycles. The maximum Gasteiger partial charge on any atom is 0.433 e. The van der Waals surface area contributed by atoms with Gasteiger partial charge in [0.2, 0.25) is 0 Å². The van der Waals surface area contributed by atoms with Crippen LogP contribution in [0.1, 0.15) is 47.3 Å². The summed E-state index contributed by atoms with van der Waals surface area (Å²) in [7, 11) is 0. The van der Waals surface area contributed by atoms with Crippen LogP contribution in [-0.4, -0.2) is 38.5 Å². The molecule has 5 nitrogen and oxygen atoms in total. The zero-order valence-corrected chi connectivity index (χ0v) is 16.0. The highest BCUT2D eigenvalue weighted by Gasteiger charge is 2.36. The third-order valence-corrected chi connectivity index (χ3v) is 5.23. The number of halogens is 3. The molecule has 1 aliphatic heterocycles. The van der Waals surface area contributed by atoms with Gasteiger partial charge in [-0.15, -0.1) is 0 Å². The predicted molar refractivity (Wildman–Crippen MR) is 103 cm³/mol. The number of aryl methyl sites for hydroxylation is 1. The van der Waals surface area contributed by atoms with E-state index >= 15 is 0 Å². The lowest BCUT2D eigenvalue weighted by molar-refractivity contribution is -0.142. The topological polar surface area (TPSA) is 50.5 Å². The van der Waals surface area contributed by atoms with Gasteiger partial charge in [-0.2, -0.15) is 18.3 Å². The lowest BCUT2D eigenvalue weighted by Crippen LogP contribution is -2.31. The molecule has 1 fully saturated rings. The number of hydrogen-bond acceptors (Lipinski definition) is 3. The Morgan fingerprint density at radius 3 is 2.31 bits per heavy atom. The van der Waals surface area contributed by atoms with Gasteiger partial charge in [-0.1, -0.05) is 42.7 Å². The van der Waals surface area contributed by atoms with Crippen LogP contribution < -0.4 is 0 Å². The second-order valence-corrected chi connectivity index (χ2v) is 7.39. The highest BCUT2D eigenvalue weighted by atomic mass is 19.4. The van der Waals surface area contributed by atoms with Gasteiger partial charge in [0, 0.05) is 18.7 Å². The van der Waals surface area contributed by atoms with Crippen molar-refractivity contribution in [3.8, 4) is 11.3 Å². The fourth-order valence-corrected chi connectivity index (χ4v) is 3.63. The van der Waals surface area contributed by atoms with E-state index in [0.717, 1.165) is 41.8 Å². The maximum absolute atomic E-state index is 13.7. The fourth-order valence-electron chi connectivity index (χ4n) is 3.63. The van der Waals surface area contributed by atoms with Crippen LogP contribution in [0.2, 0.25) is 0 Å². The minimum absolute atomic E-state index is 0.0651. The van der Waals surface area contributed by atoms with E-state index in [-0.39, 0.29) is 22.8 Å². The molecule has 2 aromatic heterocycles. The molecule has 0 spiro atoms. The summed E-state index contributed by atoms with van der Waals surface area (Å²) in [5.41, 5.74) is 0.796. The van der Waals surface area contributed by atoms with Gasteiger partial charge in [0.15, 0.2) is 11.3 Å². The van der Waals surface area contributed by atoms with Crippen molar-refractivity contribution in [3.63, 3.8) is 0 Å². The summed E-state index contributed by atoms with van der Waals surface area (Å²) in [6.45, 7) is 3.09. The van der Waals surface area contributed by atoms with Crippen LogP contribution in [0, 0.1) is 6.92 Å². The first-order chi connectivity index (χ1) is 13.8. The van der Waals surface area contributed by atoms with Crippen LogP contribution in [-0.2, 0) is 6.18 Å². The Bertz CT molecular complexity index is 1030. The van der Waals surface area contributed by atoms with Gasteiger partial charge in [0.05, 0.1) is 11.9 Å². The van der Waals surface area contributed by atoms with Crippen molar-refractivity contribution in [3.05, 3.63) is 53.3 Å². The summed E-state index contributed by atoms with van der Waals surface area (Å²) in [4.78, 5) is 19.1. The summed E-state index contributed by atoms with van der Waals surface area (Å²) in [6, 6.07) is 8.05. The number of likely N-dealkylation sites (tertiary alicyclic amines) is 1. The number of benzene rings is 1. The summed E-state index contributed by atoms with van der Waals surface area (Å²) in [6.07, 6.45) is 0.445. The van der Waals surface area contributed by atoms with Gasteiger partial charge in [0.25, 0.3) is 5.91 Å². The average molecular weight is 402 g/mol. The highest BCUT2D eigenvalue weighted by molar-refractivity contribution is 6.00. The molecule has 0 N–H and O–H groups in total. The van der Waals surface area contributed by atoms with Crippen molar-refractivity contribution in [2.24, 2.45) is 0 Å². The molecule has 0 saturated carbocycles. The van der Waals surface area contributed by atoms with Gasteiger partial charge in [0.1, 0.15) is 5.56 Å². The van der Waals surface area contributed by atoms with Crippen LogP contribution in [0.15, 0.2) is 36.5 Å². The van der Waals surface area contributed by atoms with Crippen LogP contribution in [0.5, 0.6) is 0 Å². The van der Waals surface area contributed by atoms with Crippen LogP contribution >= 0.6 is 0 Å². The lowest BCUT2D eigenvalue weighted by Gasteiger charge is -2.19. The molecule has 1 aromatic carbocycles. The molecule has 0 bridgehead atoms. The lowest BCUT2D eigenvalue weighted by atomic mass is 10.1. The number of alkyl halides is 3. The van der Waals surface area contributed by atoms with E-state index in [1.165, 1.54) is 6.20 Å². The molecular weight excluding hydrogens is 381 g/mol. The number of nitrogens with zero attached hydrogens (tertiary/aromatic N) is 4. The molecule has 152 valence electrons. The second kappa shape index (κ2) is 7.50. The van der Waals surface area contributed by atoms with Crippen molar-refractivity contribution in [2.45, 2.75) is 38.8 Å². The first-order valence-corrected chi connectivity index (χ1v) is 9.67. The predicted octanol–water partition coefficient (Wildman–Crippen LogP) is 4.74. The SMILES string of the molecule is Cc1ccc(-c2cc(C(F)(F)F)n3ncc(C(=O)N4CCCCCC4)c3n2)cc1. The molecule has 1 amide bonds. The molecular formula is C21H21F3N4O. The van der Waals surface area contributed by atoms with Crippen molar-refractivity contribution in [1.29, 1.82) is 0 Å². The van der Waals surface area contributed by atoms with Gasteiger partial charge >= 0.3 is 6.18 Å². The first kappa shape index (κ1) is 19.4. The third-order valence-electron chi connectivity index (χ3n) is 5.23. The Kier molecular flexibility index (Phi) is 5.02. The van der Waals surface area contributed by atoms with Crippen molar-refractivity contribution in [2.75, 3.05) is 13.1 Å². The minimum atomic E-state index is -4.63. The number of fused-ring (bicyclic) bond motifs is 1. The Morgan fingerprint density at radius 1 is 1.03 bits per heavy atom. The third kappa shape index (κ3) is 3.83. The zero-order valence-electron chi connectivity index (χ0n) is 16.0. The molecule has 4 rings (SSSR count). The van der Waals surface area contributed by atoms with Gasteiger partial charge in [-0.25, -0.2) is 9.50 Å². The average Bonchev–Trinajstić information content (AvgIpc) is 2.92. The highest BCUT2D eigenvalue weighted by Crippen LogP contribution is 2.33. The van der Waals surface area contributed by atoms with Gasteiger partial charge < -0.3 is 4.90 Å². The van der Waals surface area contributed by atoms with E-state index < -0.39 is 11.9 Å². The molecule has 3 aromatic rings. The molecule has 0 unspecified atom stereocenters. The summed E-state index contributed by atoms with van der Waals surface area (Å²) in [5.74, 6) is -0.316. The van der Waals surface area contributed by atoms with Crippen molar-refractivity contribution >= 4 is 11.6 Å². The molecule has 1 aliphatic rings. The Balaban J connectivity index is 1.85. The van der Waals surface area contributed by atoms with Gasteiger partial charge in [-0.3, -0.25) is 4.79 Å². The quantitative estimate of drug-likeness (QED) is 0.622. The number of hydrogen-bond donors (Lipinski definition) is 0. The number of carbonyl (C=O) groups excluding carboxylic acids is 1. The smallest absolute Gasteiger partial charge is 0.338 e. The van der Waals surface area contributed by atoms with E-state index in [1.54, 1.807) is 17.0 Å². The van der Waals surface area contributed by atoms with Crippen molar-refractivity contribution < 1.29 is 18.0 Å². The molecule has 29 heavy (non-hydrogen) atoms. The number of aromatic nitrogens is 3. The van der Waals surface area contributed by atoms with E-state index in [2.05, 4.69) is 10.1 Å². The molecule has 8 heteroatoms. The fraction of sp³-hybridized carbons (Fsp3) is 0.381. The van der Waals surface area contributed by atoms with Gasteiger partial charge in [-0.05, 0) is 25.8 Å². The Labute approximate surface area is 166 Å². The van der Waals surface area contributed by atoms with Crippen molar-refractivity contribution in [1.82, 2.24) is 19.5 Å². The number of amides is 1.